The lowest BCUT2D eigenvalue weighted by Gasteiger charge is -2.70. The molecule has 5 rings (SSSR count). The normalized spacial score (nSPS) is 31.6. The van der Waals surface area contributed by atoms with Crippen molar-refractivity contribution in [1.29, 1.82) is 0 Å². The van der Waals surface area contributed by atoms with Crippen molar-refractivity contribution >= 4 is 0 Å². The highest BCUT2D eigenvalue weighted by Crippen LogP contribution is 2.77. The lowest BCUT2D eigenvalue weighted by Crippen LogP contribution is -2.72. The topological polar surface area (TPSA) is 17.8 Å². The van der Waals surface area contributed by atoms with Gasteiger partial charge in [-0.15, -0.1) is 0 Å². The molecule has 20 heavy (non-hydrogen) atoms. The van der Waals surface area contributed by atoms with Gasteiger partial charge in [-0.25, -0.2) is 4.98 Å². The number of hydrogen-bond acceptors (Lipinski definition) is 1. The maximum absolute atomic E-state index is 12.9. The fraction of sp³-hybridized carbons (Fsp3) is 0.400. The number of benzene rings is 1. The van der Waals surface area contributed by atoms with Crippen molar-refractivity contribution in [3.8, 4) is 11.4 Å². The Balaban J connectivity index is 1.67. The summed E-state index contributed by atoms with van der Waals surface area (Å²) in [7, 11) is 0. The summed E-state index contributed by atoms with van der Waals surface area (Å²) in [6, 6.07) is 9.60. The molecule has 0 spiro atoms. The quantitative estimate of drug-likeness (QED) is 0.812. The summed E-state index contributed by atoms with van der Waals surface area (Å²) in [4.78, 5) is 4.33. The van der Waals surface area contributed by atoms with Crippen molar-refractivity contribution in [3.05, 3.63) is 42.7 Å². The Kier molecular flexibility index (Phi) is 2.07. The fourth-order valence-electron chi connectivity index (χ4n) is 3.78. The number of halogens is 3. The van der Waals surface area contributed by atoms with Gasteiger partial charge >= 0.3 is 6.18 Å². The molecule has 1 aromatic heterocycles. The number of hydrogen-bond donors (Lipinski definition) is 0. The van der Waals surface area contributed by atoms with Gasteiger partial charge < -0.3 is 4.57 Å². The average molecular weight is 278 g/mol. The predicted molar refractivity (Wildman–Crippen MR) is 68.0 cm³/mol. The molecule has 0 radical (unpaired) electrons. The minimum Gasteiger partial charge on any atom is -0.325 e. The second kappa shape index (κ2) is 3.45. The van der Waals surface area contributed by atoms with Gasteiger partial charge in [0.1, 0.15) is 5.82 Å². The Morgan fingerprint density at radius 3 is 2.30 bits per heavy atom. The Morgan fingerprint density at radius 1 is 1.05 bits per heavy atom. The number of nitrogens with zero attached hydrogens (tertiary/aromatic N) is 2. The van der Waals surface area contributed by atoms with Crippen LogP contribution in [0, 0.1) is 5.41 Å². The Bertz CT molecular complexity index is 637. The summed E-state index contributed by atoms with van der Waals surface area (Å²) >= 11 is 0. The van der Waals surface area contributed by atoms with E-state index in [-0.39, 0.29) is 24.8 Å². The summed E-state index contributed by atoms with van der Waals surface area (Å²) in [5.74, 6) is 0.765. The number of rotatable bonds is 2. The smallest absolute Gasteiger partial charge is 0.325 e. The van der Waals surface area contributed by atoms with E-state index in [1.165, 1.54) is 0 Å². The van der Waals surface area contributed by atoms with Crippen LogP contribution in [0.5, 0.6) is 0 Å². The standard InChI is InChI=1S/C15H13F3N2/c16-15(17,18)13-8-14(9-13,10-13)20-7-6-19-12(20)11-4-2-1-3-5-11/h1-7H,8-10H2. The summed E-state index contributed by atoms with van der Waals surface area (Å²) < 4.78 is 40.7. The van der Waals surface area contributed by atoms with Gasteiger partial charge in [-0.2, -0.15) is 13.2 Å². The van der Waals surface area contributed by atoms with Gasteiger partial charge in [0.2, 0.25) is 0 Å². The van der Waals surface area contributed by atoms with Gasteiger partial charge in [0.05, 0.1) is 5.41 Å². The first kappa shape index (κ1) is 12.0. The van der Waals surface area contributed by atoms with Gasteiger partial charge in [-0.3, -0.25) is 0 Å². The van der Waals surface area contributed by atoms with E-state index in [1.54, 1.807) is 6.20 Å². The molecule has 0 unspecified atom stereocenters. The van der Waals surface area contributed by atoms with Crippen molar-refractivity contribution < 1.29 is 13.2 Å². The molecular formula is C15H13F3N2. The van der Waals surface area contributed by atoms with Gasteiger partial charge in [0.15, 0.2) is 0 Å². The van der Waals surface area contributed by atoms with E-state index in [9.17, 15) is 13.2 Å². The third-order valence-corrected chi connectivity index (χ3v) is 4.79. The van der Waals surface area contributed by atoms with Gasteiger partial charge in [-0.1, -0.05) is 30.3 Å². The molecule has 3 aliphatic rings. The van der Waals surface area contributed by atoms with Crippen molar-refractivity contribution in [2.24, 2.45) is 5.41 Å². The van der Waals surface area contributed by atoms with E-state index >= 15 is 0 Å². The molecule has 3 fully saturated rings. The SMILES string of the molecule is FC(F)(F)C12CC(n3ccnc3-c3ccccc3)(C1)C2. The van der Waals surface area contributed by atoms with E-state index in [0.29, 0.717) is 0 Å². The summed E-state index contributed by atoms with van der Waals surface area (Å²) in [6.07, 6.45) is -0.00784. The zero-order valence-electron chi connectivity index (χ0n) is 10.7. The largest absolute Gasteiger partial charge is 0.394 e. The van der Waals surface area contributed by atoms with E-state index in [2.05, 4.69) is 4.98 Å². The molecule has 5 heteroatoms. The summed E-state index contributed by atoms with van der Waals surface area (Å²) in [5, 5.41) is 0. The first-order chi connectivity index (χ1) is 9.46. The first-order valence-corrected chi connectivity index (χ1v) is 6.62. The van der Waals surface area contributed by atoms with Crippen molar-refractivity contribution in [2.45, 2.75) is 31.0 Å². The Morgan fingerprint density at radius 2 is 1.70 bits per heavy atom. The van der Waals surface area contributed by atoms with Crippen LogP contribution in [0.15, 0.2) is 42.7 Å². The van der Waals surface area contributed by atoms with Gasteiger partial charge in [0, 0.05) is 23.5 Å². The third kappa shape index (κ3) is 1.33. The van der Waals surface area contributed by atoms with Crippen LogP contribution in [0.4, 0.5) is 13.2 Å². The molecule has 0 aliphatic heterocycles. The molecule has 2 nitrogen and oxygen atoms in total. The van der Waals surface area contributed by atoms with Crippen molar-refractivity contribution in [2.75, 3.05) is 0 Å². The van der Waals surface area contributed by atoms with E-state index in [1.807, 2.05) is 41.1 Å². The highest BCUT2D eigenvalue weighted by atomic mass is 19.4. The molecule has 2 aromatic rings. The average Bonchev–Trinajstić information content (AvgIpc) is 2.74. The number of alkyl halides is 3. The molecule has 0 saturated heterocycles. The van der Waals surface area contributed by atoms with Crippen LogP contribution in [-0.2, 0) is 5.54 Å². The molecule has 1 heterocycles. The third-order valence-electron chi connectivity index (χ3n) is 4.79. The lowest BCUT2D eigenvalue weighted by atomic mass is 9.39. The Labute approximate surface area is 114 Å². The first-order valence-electron chi connectivity index (χ1n) is 6.62. The highest BCUT2D eigenvalue weighted by molar-refractivity contribution is 5.56. The van der Waals surface area contributed by atoms with Crippen molar-refractivity contribution in [1.82, 2.24) is 9.55 Å². The number of imidazole rings is 1. The zero-order chi connectivity index (χ0) is 14.0. The molecular weight excluding hydrogens is 265 g/mol. The molecule has 104 valence electrons. The molecule has 0 N–H and O–H groups in total. The molecule has 0 atom stereocenters. The van der Waals surface area contributed by atoms with Crippen molar-refractivity contribution in [3.63, 3.8) is 0 Å². The molecule has 3 aliphatic carbocycles. The molecule has 2 bridgehead atoms. The predicted octanol–water partition coefficient (Wildman–Crippen LogP) is 3.99. The van der Waals surface area contributed by atoms with E-state index in [0.717, 1.165) is 11.4 Å². The van der Waals surface area contributed by atoms with Crippen LogP contribution in [0.3, 0.4) is 0 Å². The zero-order valence-corrected chi connectivity index (χ0v) is 10.7. The second-order valence-electron chi connectivity index (χ2n) is 6.02. The number of aromatic nitrogens is 2. The Hall–Kier alpha value is -1.78. The van der Waals surface area contributed by atoms with Crippen LogP contribution in [0.2, 0.25) is 0 Å². The van der Waals surface area contributed by atoms with Crippen LogP contribution >= 0.6 is 0 Å². The minimum atomic E-state index is -4.07. The maximum atomic E-state index is 12.9. The summed E-state index contributed by atoms with van der Waals surface area (Å²) in [6.45, 7) is 0. The van der Waals surface area contributed by atoms with Crippen LogP contribution in [0.1, 0.15) is 19.3 Å². The highest BCUT2D eigenvalue weighted by Gasteiger charge is 2.79. The summed E-state index contributed by atoms with van der Waals surface area (Å²) in [5.41, 5.74) is -0.842. The minimum absolute atomic E-state index is 0.194. The monoisotopic (exact) mass is 278 g/mol. The molecule has 0 amide bonds. The van der Waals surface area contributed by atoms with Gasteiger partial charge in [0.25, 0.3) is 0 Å². The van der Waals surface area contributed by atoms with Crippen LogP contribution in [0.25, 0.3) is 11.4 Å². The maximum Gasteiger partial charge on any atom is 0.394 e. The fourth-order valence-corrected chi connectivity index (χ4v) is 3.78. The van der Waals surface area contributed by atoms with E-state index in [4.69, 9.17) is 0 Å². The molecule has 1 aromatic carbocycles. The lowest BCUT2D eigenvalue weighted by molar-refractivity contribution is -0.353. The van der Waals surface area contributed by atoms with Crippen LogP contribution < -0.4 is 0 Å². The molecule has 3 saturated carbocycles. The van der Waals surface area contributed by atoms with Crippen LogP contribution in [-0.4, -0.2) is 15.7 Å². The second-order valence-corrected chi connectivity index (χ2v) is 6.02. The van der Waals surface area contributed by atoms with E-state index < -0.39 is 11.6 Å². The van der Waals surface area contributed by atoms with Gasteiger partial charge in [-0.05, 0) is 19.3 Å².